The van der Waals surface area contributed by atoms with Crippen molar-refractivity contribution in [2.75, 3.05) is 31.1 Å². The van der Waals surface area contributed by atoms with Crippen LogP contribution >= 0.6 is 11.3 Å². The van der Waals surface area contributed by atoms with Gasteiger partial charge in [-0.25, -0.2) is 4.98 Å². The minimum absolute atomic E-state index is 0.221. The van der Waals surface area contributed by atoms with Gasteiger partial charge in [0, 0.05) is 31.6 Å². The third kappa shape index (κ3) is 3.47. The van der Waals surface area contributed by atoms with Gasteiger partial charge < -0.3 is 9.80 Å². The van der Waals surface area contributed by atoms with E-state index in [-0.39, 0.29) is 5.91 Å². The lowest BCUT2D eigenvalue weighted by molar-refractivity contribution is -0.130. The van der Waals surface area contributed by atoms with E-state index in [2.05, 4.69) is 34.3 Å². The normalized spacial score (nSPS) is 15.2. The molecule has 3 rings (SSSR count). The summed E-state index contributed by atoms with van der Waals surface area (Å²) >= 11 is 1.68. The molecule has 1 aliphatic rings. The topological polar surface area (TPSA) is 36.4 Å². The summed E-state index contributed by atoms with van der Waals surface area (Å²) in [7, 11) is 0. The molecule has 2 aromatic rings. The van der Waals surface area contributed by atoms with Gasteiger partial charge in [0.25, 0.3) is 0 Å². The second-order valence-corrected chi connectivity index (χ2v) is 6.64. The number of aromatic nitrogens is 1. The minimum Gasteiger partial charge on any atom is -0.345 e. The van der Waals surface area contributed by atoms with Gasteiger partial charge in [0.15, 0.2) is 5.13 Å². The number of benzene rings is 1. The van der Waals surface area contributed by atoms with Crippen molar-refractivity contribution in [1.29, 1.82) is 0 Å². The van der Waals surface area contributed by atoms with Crippen molar-refractivity contribution in [3.63, 3.8) is 0 Å². The molecular formula is C17H21N3OS. The Bertz CT molecular complexity index is 642. The first-order valence-electron chi connectivity index (χ1n) is 7.62. The molecule has 0 atom stereocenters. The van der Waals surface area contributed by atoms with Crippen molar-refractivity contribution in [2.45, 2.75) is 20.3 Å². The fourth-order valence-corrected chi connectivity index (χ4v) is 3.48. The number of carbonyl (C=O) groups excluding carboxylic acids is 1. The molecule has 1 aromatic carbocycles. The fraction of sp³-hybridized carbons (Fsp3) is 0.412. The first-order chi connectivity index (χ1) is 10.6. The summed E-state index contributed by atoms with van der Waals surface area (Å²) in [4.78, 5) is 21.2. The van der Waals surface area contributed by atoms with Gasteiger partial charge in [-0.15, -0.1) is 11.3 Å². The van der Waals surface area contributed by atoms with Gasteiger partial charge in [0.05, 0.1) is 12.1 Å². The molecule has 0 radical (unpaired) electrons. The van der Waals surface area contributed by atoms with E-state index in [9.17, 15) is 4.79 Å². The van der Waals surface area contributed by atoms with Crippen molar-refractivity contribution in [3.8, 4) is 0 Å². The van der Waals surface area contributed by atoms with E-state index < -0.39 is 0 Å². The molecule has 0 unspecified atom stereocenters. The first-order valence-corrected chi connectivity index (χ1v) is 8.50. The number of carbonyl (C=O) groups is 1. The Morgan fingerprint density at radius 2 is 1.82 bits per heavy atom. The Balaban J connectivity index is 1.54. The molecule has 1 amide bonds. The number of hydrogen-bond acceptors (Lipinski definition) is 4. The van der Waals surface area contributed by atoms with Crippen molar-refractivity contribution in [3.05, 3.63) is 46.5 Å². The van der Waals surface area contributed by atoms with Gasteiger partial charge in [-0.2, -0.15) is 0 Å². The van der Waals surface area contributed by atoms with Gasteiger partial charge in [-0.05, 0) is 19.4 Å². The van der Waals surface area contributed by atoms with Gasteiger partial charge in [-0.3, -0.25) is 4.79 Å². The minimum atomic E-state index is 0.221. The molecule has 1 fully saturated rings. The summed E-state index contributed by atoms with van der Waals surface area (Å²) in [5.41, 5.74) is 3.38. The third-order valence-corrected chi connectivity index (χ3v) is 5.01. The van der Waals surface area contributed by atoms with Crippen LogP contribution in [0.15, 0.2) is 29.6 Å². The average Bonchev–Trinajstić information content (AvgIpc) is 2.96. The van der Waals surface area contributed by atoms with Crippen LogP contribution < -0.4 is 4.90 Å². The van der Waals surface area contributed by atoms with Crippen LogP contribution in [0.2, 0.25) is 0 Å². The number of nitrogens with zero attached hydrogens (tertiary/aromatic N) is 3. The Kier molecular flexibility index (Phi) is 4.43. The van der Waals surface area contributed by atoms with Crippen LogP contribution in [0.25, 0.3) is 0 Å². The van der Waals surface area contributed by atoms with Crippen LogP contribution in [0.3, 0.4) is 0 Å². The highest BCUT2D eigenvalue weighted by molar-refractivity contribution is 7.13. The summed E-state index contributed by atoms with van der Waals surface area (Å²) < 4.78 is 0. The highest BCUT2D eigenvalue weighted by Crippen LogP contribution is 2.21. The molecule has 0 saturated carbocycles. The highest BCUT2D eigenvalue weighted by Gasteiger charge is 2.22. The standard InChI is InChI=1S/C17H21N3OS/c1-13-3-5-15(6-4-13)11-16(21)19-7-9-20(10-8-19)17-18-14(2)12-22-17/h3-6,12H,7-11H2,1-2H3. The zero-order valence-electron chi connectivity index (χ0n) is 13.1. The maximum atomic E-state index is 12.4. The lowest BCUT2D eigenvalue weighted by atomic mass is 10.1. The monoisotopic (exact) mass is 315 g/mol. The highest BCUT2D eigenvalue weighted by atomic mass is 32.1. The molecule has 4 nitrogen and oxygen atoms in total. The molecule has 116 valence electrons. The molecule has 0 spiro atoms. The maximum Gasteiger partial charge on any atom is 0.227 e. The number of rotatable bonds is 3. The van der Waals surface area contributed by atoms with Gasteiger partial charge in [0.1, 0.15) is 0 Å². The third-order valence-electron chi connectivity index (χ3n) is 3.99. The quantitative estimate of drug-likeness (QED) is 0.874. The second kappa shape index (κ2) is 6.48. The number of aryl methyl sites for hydroxylation is 2. The SMILES string of the molecule is Cc1ccc(CC(=O)N2CCN(c3nc(C)cs3)CC2)cc1. The van der Waals surface area contributed by atoms with Crippen LogP contribution in [0.1, 0.15) is 16.8 Å². The summed E-state index contributed by atoms with van der Waals surface area (Å²) in [6, 6.07) is 8.21. The van der Waals surface area contributed by atoms with Crippen molar-refractivity contribution in [2.24, 2.45) is 0 Å². The van der Waals surface area contributed by atoms with Crippen LogP contribution in [0.5, 0.6) is 0 Å². The molecule has 0 aliphatic carbocycles. The number of amides is 1. The zero-order chi connectivity index (χ0) is 15.5. The average molecular weight is 315 g/mol. The fourth-order valence-electron chi connectivity index (χ4n) is 2.63. The second-order valence-electron chi connectivity index (χ2n) is 5.80. The molecule has 5 heteroatoms. The maximum absolute atomic E-state index is 12.4. The van der Waals surface area contributed by atoms with Crippen LogP contribution in [-0.4, -0.2) is 42.0 Å². The Labute approximate surface area is 135 Å². The van der Waals surface area contributed by atoms with Gasteiger partial charge in [0.2, 0.25) is 5.91 Å². The lowest BCUT2D eigenvalue weighted by Gasteiger charge is -2.34. The van der Waals surface area contributed by atoms with E-state index in [1.807, 2.05) is 24.0 Å². The van der Waals surface area contributed by atoms with E-state index >= 15 is 0 Å². The lowest BCUT2D eigenvalue weighted by Crippen LogP contribution is -2.49. The molecule has 0 bridgehead atoms. The summed E-state index contributed by atoms with van der Waals surface area (Å²) in [6.07, 6.45) is 0.497. The Morgan fingerprint density at radius 3 is 2.41 bits per heavy atom. The van der Waals surface area contributed by atoms with Crippen LogP contribution in [-0.2, 0) is 11.2 Å². The van der Waals surface area contributed by atoms with Crippen LogP contribution in [0, 0.1) is 13.8 Å². The van der Waals surface area contributed by atoms with Crippen molar-refractivity contribution in [1.82, 2.24) is 9.88 Å². The summed E-state index contributed by atoms with van der Waals surface area (Å²) in [5.74, 6) is 0.221. The van der Waals surface area contributed by atoms with E-state index in [0.717, 1.165) is 42.6 Å². The smallest absolute Gasteiger partial charge is 0.227 e. The number of piperazine rings is 1. The van der Waals surface area contributed by atoms with Crippen LogP contribution in [0.4, 0.5) is 5.13 Å². The molecule has 22 heavy (non-hydrogen) atoms. The number of hydrogen-bond donors (Lipinski definition) is 0. The molecular weight excluding hydrogens is 294 g/mol. The molecule has 2 heterocycles. The predicted molar refractivity (Wildman–Crippen MR) is 90.5 cm³/mol. The van der Waals surface area contributed by atoms with E-state index in [1.54, 1.807) is 11.3 Å². The number of anilines is 1. The van der Waals surface area contributed by atoms with Gasteiger partial charge in [-0.1, -0.05) is 29.8 Å². The Morgan fingerprint density at radius 1 is 1.14 bits per heavy atom. The molecule has 1 aliphatic heterocycles. The largest absolute Gasteiger partial charge is 0.345 e. The summed E-state index contributed by atoms with van der Waals surface area (Å²) in [6.45, 7) is 7.37. The molecule has 1 saturated heterocycles. The molecule has 1 aromatic heterocycles. The van der Waals surface area contributed by atoms with E-state index in [0.29, 0.717) is 6.42 Å². The first kappa shape index (κ1) is 15.0. The number of thiazole rings is 1. The molecule has 0 N–H and O–H groups in total. The van der Waals surface area contributed by atoms with Crippen molar-refractivity contribution < 1.29 is 4.79 Å². The Hall–Kier alpha value is -1.88. The van der Waals surface area contributed by atoms with E-state index in [1.165, 1.54) is 5.56 Å². The van der Waals surface area contributed by atoms with Gasteiger partial charge >= 0.3 is 0 Å². The zero-order valence-corrected chi connectivity index (χ0v) is 13.9. The predicted octanol–water partition coefficient (Wildman–Crippen LogP) is 2.65. The van der Waals surface area contributed by atoms with Crippen molar-refractivity contribution >= 4 is 22.4 Å². The summed E-state index contributed by atoms with van der Waals surface area (Å²) in [5, 5.41) is 3.15. The van der Waals surface area contributed by atoms with E-state index in [4.69, 9.17) is 0 Å².